The van der Waals surface area contributed by atoms with Crippen LogP contribution in [0.2, 0.25) is 0 Å². The Balaban J connectivity index is 1.74. The highest BCUT2D eigenvalue weighted by atomic mass is 32.2. The van der Waals surface area contributed by atoms with Gasteiger partial charge in [0.2, 0.25) is 0 Å². The van der Waals surface area contributed by atoms with Gasteiger partial charge in [-0.1, -0.05) is 6.92 Å². The van der Waals surface area contributed by atoms with Gasteiger partial charge in [0.15, 0.2) is 0 Å². The smallest absolute Gasteiger partial charge is 0.123 e. The first-order chi connectivity index (χ1) is 9.69. The van der Waals surface area contributed by atoms with Crippen molar-refractivity contribution in [3.05, 3.63) is 30.1 Å². The second-order valence-electron chi connectivity index (χ2n) is 5.50. The van der Waals surface area contributed by atoms with Gasteiger partial charge in [-0.05, 0) is 56.5 Å². The number of thioether (sulfide) groups is 1. The molecule has 0 saturated heterocycles. The predicted octanol–water partition coefficient (Wildman–Crippen LogP) is 3.51. The second-order valence-corrected chi connectivity index (χ2v) is 6.67. The maximum Gasteiger partial charge on any atom is 0.123 e. The number of benzene rings is 1. The maximum atomic E-state index is 12.8. The highest BCUT2D eigenvalue weighted by Gasteiger charge is 2.22. The molecule has 112 valence electrons. The molecule has 1 aliphatic carbocycles. The average molecular weight is 296 g/mol. The summed E-state index contributed by atoms with van der Waals surface area (Å²) in [7, 11) is 0. The fourth-order valence-corrected chi connectivity index (χ4v) is 3.77. The summed E-state index contributed by atoms with van der Waals surface area (Å²) in [5, 5.41) is 0. The molecule has 0 aromatic heterocycles. The van der Waals surface area contributed by atoms with Gasteiger partial charge in [-0.2, -0.15) is 0 Å². The van der Waals surface area contributed by atoms with Crippen LogP contribution >= 0.6 is 11.8 Å². The van der Waals surface area contributed by atoms with E-state index in [0.717, 1.165) is 36.6 Å². The third-order valence-corrected chi connectivity index (χ3v) is 5.12. The highest BCUT2D eigenvalue weighted by Crippen LogP contribution is 2.23. The second kappa shape index (κ2) is 8.01. The molecule has 1 aromatic carbocycles. The Morgan fingerprint density at radius 1 is 1.20 bits per heavy atom. The molecule has 2 N–H and O–H groups in total. The largest absolute Gasteiger partial charge is 0.328 e. The Hall–Kier alpha value is -0.580. The van der Waals surface area contributed by atoms with Crippen molar-refractivity contribution in [2.75, 3.05) is 18.8 Å². The Morgan fingerprint density at radius 3 is 2.45 bits per heavy atom. The summed E-state index contributed by atoms with van der Waals surface area (Å²) < 4.78 is 12.8. The van der Waals surface area contributed by atoms with Crippen LogP contribution in [-0.4, -0.2) is 35.8 Å². The number of rotatable bonds is 6. The lowest BCUT2D eigenvalue weighted by Gasteiger charge is -2.35. The number of halogens is 1. The molecule has 1 aliphatic rings. The molecule has 1 saturated carbocycles. The van der Waals surface area contributed by atoms with Crippen LogP contribution in [0.4, 0.5) is 4.39 Å². The van der Waals surface area contributed by atoms with Gasteiger partial charge in [-0.15, -0.1) is 11.8 Å². The van der Waals surface area contributed by atoms with E-state index in [1.54, 1.807) is 11.8 Å². The molecule has 1 aromatic rings. The summed E-state index contributed by atoms with van der Waals surface area (Å²) in [5.41, 5.74) is 5.97. The molecule has 4 heteroatoms. The SMILES string of the molecule is CCN(CCSc1ccc(F)cc1)C1CCC(N)CC1. The van der Waals surface area contributed by atoms with Crippen LogP contribution in [0, 0.1) is 5.82 Å². The van der Waals surface area contributed by atoms with Crippen molar-refractivity contribution in [2.45, 2.75) is 49.6 Å². The molecule has 0 bridgehead atoms. The molecule has 2 nitrogen and oxygen atoms in total. The standard InChI is InChI=1S/C16H25FN2S/c1-2-19(15-7-5-14(18)6-8-15)11-12-20-16-9-3-13(17)4-10-16/h3-4,9-10,14-15H,2,5-8,11-12,18H2,1H3. The molecular weight excluding hydrogens is 271 g/mol. The van der Waals surface area contributed by atoms with Crippen LogP contribution in [0.25, 0.3) is 0 Å². The maximum absolute atomic E-state index is 12.8. The van der Waals surface area contributed by atoms with Gasteiger partial charge in [0.25, 0.3) is 0 Å². The van der Waals surface area contributed by atoms with Gasteiger partial charge < -0.3 is 5.73 Å². The zero-order valence-electron chi connectivity index (χ0n) is 12.2. The zero-order chi connectivity index (χ0) is 14.4. The van der Waals surface area contributed by atoms with Crippen LogP contribution in [0.3, 0.4) is 0 Å². The van der Waals surface area contributed by atoms with E-state index in [9.17, 15) is 4.39 Å². The lowest BCUT2D eigenvalue weighted by molar-refractivity contribution is 0.166. The van der Waals surface area contributed by atoms with E-state index in [2.05, 4.69) is 11.8 Å². The van der Waals surface area contributed by atoms with E-state index in [1.807, 2.05) is 12.1 Å². The van der Waals surface area contributed by atoms with Crippen LogP contribution in [0.5, 0.6) is 0 Å². The van der Waals surface area contributed by atoms with Crippen molar-refractivity contribution >= 4 is 11.8 Å². The minimum atomic E-state index is -0.164. The van der Waals surface area contributed by atoms with Crippen LogP contribution in [-0.2, 0) is 0 Å². The lowest BCUT2D eigenvalue weighted by atomic mass is 9.91. The third-order valence-electron chi connectivity index (χ3n) is 4.12. The first kappa shape index (κ1) is 15.8. The summed E-state index contributed by atoms with van der Waals surface area (Å²) >= 11 is 1.80. The molecule has 2 rings (SSSR count). The minimum Gasteiger partial charge on any atom is -0.328 e. The molecule has 0 atom stereocenters. The van der Waals surface area contributed by atoms with E-state index in [-0.39, 0.29) is 5.82 Å². The van der Waals surface area contributed by atoms with Crippen molar-refractivity contribution in [3.63, 3.8) is 0 Å². The predicted molar refractivity (Wildman–Crippen MR) is 84.6 cm³/mol. The molecule has 0 aliphatic heterocycles. The molecule has 20 heavy (non-hydrogen) atoms. The van der Waals surface area contributed by atoms with Crippen molar-refractivity contribution in [3.8, 4) is 0 Å². The molecule has 0 radical (unpaired) electrons. The molecular formula is C16H25FN2S. The molecule has 0 spiro atoms. The number of nitrogens with zero attached hydrogens (tertiary/aromatic N) is 1. The van der Waals surface area contributed by atoms with Crippen molar-refractivity contribution in [1.82, 2.24) is 4.90 Å². The summed E-state index contributed by atoms with van der Waals surface area (Å²) in [6.45, 7) is 4.43. The van der Waals surface area contributed by atoms with Crippen molar-refractivity contribution in [1.29, 1.82) is 0 Å². The first-order valence-electron chi connectivity index (χ1n) is 7.57. The van der Waals surface area contributed by atoms with E-state index in [4.69, 9.17) is 5.73 Å². The van der Waals surface area contributed by atoms with E-state index >= 15 is 0 Å². The number of hydrogen-bond acceptors (Lipinski definition) is 3. The summed E-state index contributed by atoms with van der Waals surface area (Å²) in [5.74, 6) is 0.894. The third kappa shape index (κ3) is 4.76. The van der Waals surface area contributed by atoms with Gasteiger partial charge >= 0.3 is 0 Å². The van der Waals surface area contributed by atoms with Crippen molar-refractivity contribution < 1.29 is 4.39 Å². The molecule has 0 heterocycles. The number of nitrogens with two attached hydrogens (primary N) is 1. The monoisotopic (exact) mass is 296 g/mol. The Morgan fingerprint density at radius 2 is 1.85 bits per heavy atom. The van der Waals surface area contributed by atoms with E-state index in [0.29, 0.717) is 12.1 Å². The van der Waals surface area contributed by atoms with Crippen molar-refractivity contribution in [2.24, 2.45) is 5.73 Å². The Bertz CT molecular complexity index is 388. The quantitative estimate of drug-likeness (QED) is 0.815. The normalized spacial score (nSPS) is 23.2. The van der Waals surface area contributed by atoms with Crippen LogP contribution < -0.4 is 5.73 Å². The van der Waals surface area contributed by atoms with E-state index in [1.165, 1.54) is 25.0 Å². The van der Waals surface area contributed by atoms with Gasteiger partial charge in [0, 0.05) is 29.3 Å². The number of hydrogen-bond donors (Lipinski definition) is 1. The summed E-state index contributed by atoms with van der Waals surface area (Å²) in [4.78, 5) is 3.72. The highest BCUT2D eigenvalue weighted by molar-refractivity contribution is 7.99. The Kier molecular flexibility index (Phi) is 6.33. The summed E-state index contributed by atoms with van der Waals surface area (Å²) in [6, 6.07) is 7.89. The van der Waals surface area contributed by atoms with Gasteiger partial charge in [0.1, 0.15) is 5.82 Å². The fraction of sp³-hybridized carbons (Fsp3) is 0.625. The van der Waals surface area contributed by atoms with Gasteiger partial charge in [-0.3, -0.25) is 4.90 Å². The average Bonchev–Trinajstić information content (AvgIpc) is 2.47. The van der Waals surface area contributed by atoms with E-state index < -0.39 is 0 Å². The molecule has 0 unspecified atom stereocenters. The first-order valence-corrected chi connectivity index (χ1v) is 8.55. The van der Waals surface area contributed by atoms with Crippen LogP contribution in [0.15, 0.2) is 29.2 Å². The van der Waals surface area contributed by atoms with Gasteiger partial charge in [-0.25, -0.2) is 4.39 Å². The summed E-state index contributed by atoms with van der Waals surface area (Å²) in [6.07, 6.45) is 4.78. The molecule has 0 amide bonds. The fourth-order valence-electron chi connectivity index (χ4n) is 2.88. The zero-order valence-corrected chi connectivity index (χ0v) is 13.0. The molecule has 1 fully saturated rings. The minimum absolute atomic E-state index is 0.164. The topological polar surface area (TPSA) is 29.3 Å². The van der Waals surface area contributed by atoms with Crippen LogP contribution in [0.1, 0.15) is 32.6 Å². The Labute approximate surface area is 125 Å². The van der Waals surface area contributed by atoms with Gasteiger partial charge in [0.05, 0.1) is 0 Å². The lowest BCUT2D eigenvalue weighted by Crippen LogP contribution is -2.41.